The molecule has 0 radical (unpaired) electrons. The summed E-state index contributed by atoms with van der Waals surface area (Å²) in [6.45, 7) is 8.35. The van der Waals surface area contributed by atoms with Gasteiger partial charge in [0, 0.05) is 17.1 Å². The minimum Gasteiger partial charge on any atom is -0.245 e. The third kappa shape index (κ3) is 1.29. The molecule has 2 aromatic rings. The SMILES string of the molecule is Cc1cc(C)c2cnn(C(C)C)c2n1. The van der Waals surface area contributed by atoms with Gasteiger partial charge in [-0.15, -0.1) is 0 Å². The van der Waals surface area contributed by atoms with Crippen LogP contribution in [0.4, 0.5) is 0 Å². The molecule has 2 rings (SSSR count). The first-order valence-corrected chi connectivity index (χ1v) is 4.91. The van der Waals surface area contributed by atoms with E-state index in [0.717, 1.165) is 16.7 Å². The number of hydrogen-bond acceptors (Lipinski definition) is 2. The molecule has 3 heteroatoms. The van der Waals surface area contributed by atoms with Crippen molar-refractivity contribution in [2.75, 3.05) is 0 Å². The van der Waals surface area contributed by atoms with Crippen molar-refractivity contribution >= 4 is 11.0 Å². The van der Waals surface area contributed by atoms with E-state index in [4.69, 9.17) is 0 Å². The van der Waals surface area contributed by atoms with Gasteiger partial charge in [-0.2, -0.15) is 5.10 Å². The van der Waals surface area contributed by atoms with Crippen LogP contribution in [0.15, 0.2) is 12.3 Å². The first-order chi connectivity index (χ1) is 6.59. The zero-order valence-electron chi connectivity index (χ0n) is 9.07. The molecule has 0 spiro atoms. The van der Waals surface area contributed by atoms with Crippen LogP contribution in [0, 0.1) is 13.8 Å². The number of fused-ring (bicyclic) bond motifs is 1. The average Bonchev–Trinajstić information content (AvgIpc) is 2.47. The minimum atomic E-state index is 0.362. The Kier molecular flexibility index (Phi) is 2.02. The maximum absolute atomic E-state index is 4.52. The molecule has 0 atom stereocenters. The van der Waals surface area contributed by atoms with Crippen molar-refractivity contribution < 1.29 is 0 Å². The lowest BCUT2D eigenvalue weighted by Gasteiger charge is -2.07. The van der Waals surface area contributed by atoms with E-state index in [-0.39, 0.29) is 0 Å². The summed E-state index contributed by atoms with van der Waals surface area (Å²) in [6.07, 6.45) is 1.90. The molecule has 0 saturated carbocycles. The van der Waals surface area contributed by atoms with Gasteiger partial charge in [-0.05, 0) is 39.3 Å². The van der Waals surface area contributed by atoms with Crippen LogP contribution < -0.4 is 0 Å². The number of aromatic nitrogens is 3. The van der Waals surface area contributed by atoms with Gasteiger partial charge in [0.15, 0.2) is 5.65 Å². The number of aryl methyl sites for hydroxylation is 2. The van der Waals surface area contributed by atoms with E-state index in [1.807, 2.05) is 17.8 Å². The van der Waals surface area contributed by atoms with Gasteiger partial charge in [-0.3, -0.25) is 0 Å². The zero-order valence-corrected chi connectivity index (χ0v) is 9.07. The summed E-state index contributed by atoms with van der Waals surface area (Å²) in [7, 11) is 0. The van der Waals surface area contributed by atoms with Crippen LogP contribution in [0.1, 0.15) is 31.1 Å². The molecule has 0 unspecified atom stereocenters. The highest BCUT2D eigenvalue weighted by Crippen LogP contribution is 2.19. The average molecular weight is 189 g/mol. The van der Waals surface area contributed by atoms with Crippen molar-refractivity contribution in [1.29, 1.82) is 0 Å². The minimum absolute atomic E-state index is 0.362. The van der Waals surface area contributed by atoms with Gasteiger partial charge in [0.2, 0.25) is 0 Å². The fourth-order valence-corrected chi connectivity index (χ4v) is 1.71. The van der Waals surface area contributed by atoms with E-state index in [1.165, 1.54) is 5.56 Å². The highest BCUT2D eigenvalue weighted by Gasteiger charge is 2.09. The summed E-state index contributed by atoms with van der Waals surface area (Å²) in [5, 5.41) is 5.51. The van der Waals surface area contributed by atoms with Gasteiger partial charge in [0.05, 0.1) is 6.20 Å². The molecule has 3 nitrogen and oxygen atoms in total. The predicted molar refractivity (Wildman–Crippen MR) is 57.4 cm³/mol. The van der Waals surface area contributed by atoms with Gasteiger partial charge in [-0.1, -0.05) is 0 Å². The summed E-state index contributed by atoms with van der Waals surface area (Å²) in [4.78, 5) is 4.52. The zero-order chi connectivity index (χ0) is 10.3. The highest BCUT2D eigenvalue weighted by atomic mass is 15.3. The Morgan fingerprint density at radius 1 is 1.29 bits per heavy atom. The molecule has 0 fully saturated rings. The van der Waals surface area contributed by atoms with Crippen molar-refractivity contribution in [3.8, 4) is 0 Å². The van der Waals surface area contributed by atoms with Crippen LogP contribution in [0.3, 0.4) is 0 Å². The molecule has 0 aromatic carbocycles. The smallest absolute Gasteiger partial charge is 0.158 e. The number of nitrogens with zero attached hydrogens (tertiary/aromatic N) is 3. The van der Waals surface area contributed by atoms with Crippen molar-refractivity contribution in [1.82, 2.24) is 14.8 Å². The molecule has 2 aromatic heterocycles. The second-order valence-corrected chi connectivity index (χ2v) is 4.00. The monoisotopic (exact) mass is 189 g/mol. The van der Waals surface area contributed by atoms with Crippen LogP contribution in [0.25, 0.3) is 11.0 Å². The van der Waals surface area contributed by atoms with Crippen LogP contribution >= 0.6 is 0 Å². The molecular formula is C11H15N3. The number of pyridine rings is 1. The quantitative estimate of drug-likeness (QED) is 0.690. The molecule has 74 valence electrons. The van der Waals surface area contributed by atoms with Crippen LogP contribution in [-0.2, 0) is 0 Å². The second-order valence-electron chi connectivity index (χ2n) is 4.00. The Balaban J connectivity index is 2.78. The van der Waals surface area contributed by atoms with Crippen LogP contribution in [0.5, 0.6) is 0 Å². The lowest BCUT2D eigenvalue weighted by molar-refractivity contribution is 0.546. The molecule has 0 aliphatic carbocycles. The van der Waals surface area contributed by atoms with E-state index in [2.05, 4.69) is 36.9 Å². The Morgan fingerprint density at radius 3 is 2.64 bits per heavy atom. The molecule has 0 aliphatic rings. The van der Waals surface area contributed by atoms with E-state index < -0.39 is 0 Å². The molecule has 0 aliphatic heterocycles. The molecule has 0 bridgehead atoms. The van der Waals surface area contributed by atoms with E-state index in [0.29, 0.717) is 6.04 Å². The van der Waals surface area contributed by atoms with Crippen molar-refractivity contribution in [3.05, 3.63) is 23.5 Å². The van der Waals surface area contributed by atoms with E-state index in [9.17, 15) is 0 Å². The fourth-order valence-electron chi connectivity index (χ4n) is 1.71. The molecule has 0 amide bonds. The first kappa shape index (κ1) is 9.19. The normalized spacial score (nSPS) is 11.5. The largest absolute Gasteiger partial charge is 0.245 e. The molecule has 0 saturated heterocycles. The summed E-state index contributed by atoms with van der Waals surface area (Å²) in [5.41, 5.74) is 3.30. The summed E-state index contributed by atoms with van der Waals surface area (Å²) >= 11 is 0. The summed E-state index contributed by atoms with van der Waals surface area (Å²) < 4.78 is 1.97. The molecular weight excluding hydrogens is 174 g/mol. The Bertz CT molecular complexity index is 469. The van der Waals surface area contributed by atoms with Crippen LogP contribution in [0.2, 0.25) is 0 Å². The standard InChI is InChI=1S/C11H15N3/c1-7(2)14-11-10(6-12-14)8(3)5-9(4)13-11/h5-7H,1-4H3. The van der Waals surface area contributed by atoms with Crippen molar-refractivity contribution in [2.45, 2.75) is 33.7 Å². The van der Waals surface area contributed by atoms with Crippen molar-refractivity contribution in [3.63, 3.8) is 0 Å². The lowest BCUT2D eigenvalue weighted by atomic mass is 10.2. The Hall–Kier alpha value is -1.38. The third-order valence-electron chi connectivity index (χ3n) is 2.39. The summed E-state index contributed by atoms with van der Waals surface area (Å²) in [6, 6.07) is 2.45. The highest BCUT2D eigenvalue weighted by molar-refractivity contribution is 5.78. The fraction of sp³-hybridized carbons (Fsp3) is 0.455. The lowest BCUT2D eigenvalue weighted by Crippen LogP contribution is -2.03. The topological polar surface area (TPSA) is 30.7 Å². The van der Waals surface area contributed by atoms with Crippen molar-refractivity contribution in [2.24, 2.45) is 0 Å². The van der Waals surface area contributed by atoms with E-state index in [1.54, 1.807) is 0 Å². The maximum Gasteiger partial charge on any atom is 0.158 e. The third-order valence-corrected chi connectivity index (χ3v) is 2.39. The number of rotatable bonds is 1. The van der Waals surface area contributed by atoms with Gasteiger partial charge in [0.25, 0.3) is 0 Å². The van der Waals surface area contributed by atoms with Gasteiger partial charge >= 0.3 is 0 Å². The second kappa shape index (κ2) is 3.08. The number of hydrogen-bond donors (Lipinski definition) is 0. The van der Waals surface area contributed by atoms with E-state index >= 15 is 0 Å². The maximum atomic E-state index is 4.52. The predicted octanol–water partition coefficient (Wildman–Crippen LogP) is 2.63. The van der Waals surface area contributed by atoms with Crippen LogP contribution in [-0.4, -0.2) is 14.8 Å². The van der Waals surface area contributed by atoms with Gasteiger partial charge < -0.3 is 0 Å². The Morgan fingerprint density at radius 2 is 2.00 bits per heavy atom. The Labute approximate surface area is 83.8 Å². The molecule has 0 N–H and O–H groups in total. The molecule has 14 heavy (non-hydrogen) atoms. The molecule has 2 heterocycles. The van der Waals surface area contributed by atoms with Gasteiger partial charge in [-0.25, -0.2) is 9.67 Å². The summed E-state index contributed by atoms with van der Waals surface area (Å²) in [5.74, 6) is 0. The van der Waals surface area contributed by atoms with Gasteiger partial charge in [0.1, 0.15) is 0 Å². The first-order valence-electron chi connectivity index (χ1n) is 4.91.